The fraction of sp³-hybridized carbons (Fsp3) is 0.391. The van der Waals surface area contributed by atoms with Crippen molar-refractivity contribution in [2.75, 3.05) is 12.4 Å². The van der Waals surface area contributed by atoms with Crippen LogP contribution in [0.4, 0.5) is 4.39 Å². The highest BCUT2D eigenvalue weighted by Crippen LogP contribution is 2.31. The third-order valence-corrected chi connectivity index (χ3v) is 7.20. The summed E-state index contributed by atoms with van der Waals surface area (Å²) in [5, 5.41) is 2.23. The number of imide groups is 1. The first-order valence-corrected chi connectivity index (χ1v) is 12.3. The summed E-state index contributed by atoms with van der Waals surface area (Å²) in [5.41, 5.74) is 2.06. The molecule has 0 spiro atoms. The van der Waals surface area contributed by atoms with Crippen LogP contribution in [0.1, 0.15) is 64.1 Å². The average molecular weight is 461 g/mol. The van der Waals surface area contributed by atoms with Crippen LogP contribution in [0.15, 0.2) is 36.4 Å². The van der Waals surface area contributed by atoms with E-state index in [1.54, 1.807) is 37.3 Å². The van der Waals surface area contributed by atoms with E-state index >= 15 is 0 Å². The molecule has 2 amide bonds. The zero-order valence-electron chi connectivity index (χ0n) is 17.7. The number of hydrogen-bond acceptors (Lipinski definition) is 5. The summed E-state index contributed by atoms with van der Waals surface area (Å²) in [6, 6.07) is 8.76. The van der Waals surface area contributed by atoms with Gasteiger partial charge in [-0.15, -0.1) is 0 Å². The molecule has 1 aliphatic heterocycles. The van der Waals surface area contributed by atoms with Gasteiger partial charge in [-0.25, -0.2) is 17.5 Å². The minimum Gasteiger partial charge on any atom is -0.490 e. The van der Waals surface area contributed by atoms with E-state index in [1.807, 2.05) is 0 Å². The van der Waals surface area contributed by atoms with Gasteiger partial charge in [0.2, 0.25) is 10.0 Å². The number of carbonyl (C=O) groups is 2. The summed E-state index contributed by atoms with van der Waals surface area (Å²) in [5.74, 6) is -0.802. The lowest BCUT2D eigenvalue weighted by molar-refractivity contribution is 0.0879. The van der Waals surface area contributed by atoms with Gasteiger partial charge in [-0.2, -0.15) is 0 Å². The number of aryl methyl sites for hydroxylation is 1. The molecular formula is C23H25FN2O5S. The molecule has 2 aromatic carbocycles. The molecule has 9 heteroatoms. The van der Waals surface area contributed by atoms with E-state index < -0.39 is 33.7 Å². The number of nitrogens with one attached hydrogen (secondary N) is 2. The monoisotopic (exact) mass is 460 g/mol. The number of sulfonamides is 1. The van der Waals surface area contributed by atoms with E-state index in [2.05, 4.69) is 10.0 Å². The lowest BCUT2D eigenvalue weighted by atomic mass is 10.0. The van der Waals surface area contributed by atoms with Gasteiger partial charge in [0.1, 0.15) is 0 Å². The van der Waals surface area contributed by atoms with Crippen LogP contribution in [0.5, 0.6) is 5.75 Å². The Kier molecular flexibility index (Phi) is 6.30. The summed E-state index contributed by atoms with van der Waals surface area (Å²) in [4.78, 5) is 23.4. The normalized spacial score (nSPS) is 16.6. The summed E-state index contributed by atoms with van der Waals surface area (Å²) in [6.07, 6.45) is 2.97. The quantitative estimate of drug-likeness (QED) is 0.531. The minimum atomic E-state index is -3.59. The molecule has 2 N–H and O–H groups in total. The topological polar surface area (TPSA) is 102 Å². The van der Waals surface area contributed by atoms with Gasteiger partial charge in [0.25, 0.3) is 11.8 Å². The Bertz CT molecular complexity index is 1160. The first-order valence-electron chi connectivity index (χ1n) is 10.6. The van der Waals surface area contributed by atoms with Gasteiger partial charge >= 0.3 is 0 Å². The van der Waals surface area contributed by atoms with Crippen LogP contribution in [0.25, 0.3) is 0 Å². The largest absolute Gasteiger partial charge is 0.490 e. The van der Waals surface area contributed by atoms with Crippen LogP contribution in [-0.4, -0.2) is 32.6 Å². The summed E-state index contributed by atoms with van der Waals surface area (Å²) < 4.78 is 47.2. The molecule has 1 heterocycles. The Balaban J connectivity index is 1.32. The molecule has 0 bridgehead atoms. The molecule has 1 fully saturated rings. The molecule has 32 heavy (non-hydrogen) atoms. The van der Waals surface area contributed by atoms with E-state index in [1.165, 1.54) is 6.07 Å². The maximum Gasteiger partial charge on any atom is 0.258 e. The van der Waals surface area contributed by atoms with Gasteiger partial charge in [-0.1, -0.05) is 12.1 Å². The summed E-state index contributed by atoms with van der Waals surface area (Å²) in [6.45, 7) is 2.17. The number of carbonyl (C=O) groups excluding carboxylic acids is 2. The number of amides is 2. The van der Waals surface area contributed by atoms with Gasteiger partial charge in [-0.3, -0.25) is 14.9 Å². The lowest BCUT2D eigenvalue weighted by Crippen LogP contribution is -2.29. The van der Waals surface area contributed by atoms with Crippen LogP contribution in [0.2, 0.25) is 0 Å². The third-order valence-electron chi connectivity index (χ3n) is 5.66. The van der Waals surface area contributed by atoms with E-state index in [-0.39, 0.29) is 11.5 Å². The fourth-order valence-corrected chi connectivity index (χ4v) is 4.94. The molecule has 1 saturated carbocycles. The molecule has 170 valence electrons. The first-order chi connectivity index (χ1) is 15.2. The highest BCUT2D eigenvalue weighted by Gasteiger charge is 2.27. The second-order valence-corrected chi connectivity index (χ2v) is 10.2. The predicted octanol–water partition coefficient (Wildman–Crippen LogP) is 3.11. The fourth-order valence-electron chi connectivity index (χ4n) is 3.63. The zero-order chi connectivity index (χ0) is 22.9. The van der Waals surface area contributed by atoms with Gasteiger partial charge in [0, 0.05) is 6.04 Å². The molecule has 4 rings (SSSR count). The Morgan fingerprint density at radius 2 is 1.88 bits per heavy atom. The van der Waals surface area contributed by atoms with Crippen molar-refractivity contribution in [3.63, 3.8) is 0 Å². The molecule has 1 aliphatic carbocycles. The van der Waals surface area contributed by atoms with Crippen LogP contribution in [-0.2, 0) is 16.4 Å². The maximum atomic E-state index is 14.0. The molecule has 0 unspecified atom stereocenters. The van der Waals surface area contributed by atoms with Crippen LogP contribution in [0, 0.1) is 11.7 Å². The highest BCUT2D eigenvalue weighted by atomic mass is 32.2. The number of benzene rings is 2. The Morgan fingerprint density at radius 3 is 2.62 bits per heavy atom. The summed E-state index contributed by atoms with van der Waals surface area (Å²) >= 11 is 0. The van der Waals surface area contributed by atoms with Gasteiger partial charge in [0.05, 0.1) is 23.5 Å². The van der Waals surface area contributed by atoms with Gasteiger partial charge in [0.15, 0.2) is 11.6 Å². The van der Waals surface area contributed by atoms with Crippen molar-refractivity contribution in [3.05, 3.63) is 64.5 Å². The molecule has 2 aliphatic rings. The molecule has 2 aromatic rings. The lowest BCUT2D eigenvalue weighted by Gasteiger charge is -2.16. The SMILES string of the molecule is C[C@@H](NS(=O)(=O)CCCc1ccc2c(c1)C(=O)NC2=O)c1ccc(F)c(OCC2CC2)c1. The number of fused-ring (bicyclic) bond motifs is 1. The van der Waals surface area contributed by atoms with Crippen molar-refractivity contribution in [2.45, 2.75) is 38.6 Å². The molecular weight excluding hydrogens is 435 g/mol. The second-order valence-electron chi connectivity index (χ2n) is 8.37. The maximum absolute atomic E-state index is 14.0. The average Bonchev–Trinajstić information content (AvgIpc) is 3.52. The Morgan fingerprint density at radius 1 is 1.12 bits per heavy atom. The Labute approximate surface area is 186 Å². The van der Waals surface area contributed by atoms with Crippen LogP contribution >= 0.6 is 0 Å². The first kappa shape index (κ1) is 22.4. The van der Waals surface area contributed by atoms with Crippen LogP contribution < -0.4 is 14.8 Å². The van der Waals surface area contributed by atoms with E-state index in [0.717, 1.165) is 18.4 Å². The molecule has 0 aromatic heterocycles. The van der Waals surface area contributed by atoms with Crippen molar-refractivity contribution >= 4 is 21.8 Å². The molecule has 0 radical (unpaired) electrons. The third kappa shape index (κ3) is 5.34. The van der Waals surface area contributed by atoms with Crippen LogP contribution in [0.3, 0.4) is 0 Å². The number of hydrogen-bond donors (Lipinski definition) is 2. The van der Waals surface area contributed by atoms with Crippen molar-refractivity contribution < 1.29 is 27.1 Å². The Hall–Kier alpha value is -2.78. The van der Waals surface area contributed by atoms with E-state index in [9.17, 15) is 22.4 Å². The van der Waals surface area contributed by atoms with Crippen molar-refractivity contribution in [3.8, 4) is 5.75 Å². The minimum absolute atomic E-state index is 0.105. The van der Waals surface area contributed by atoms with Gasteiger partial charge in [-0.05, 0) is 73.9 Å². The van der Waals surface area contributed by atoms with Crippen molar-refractivity contribution in [1.29, 1.82) is 0 Å². The number of ether oxygens (including phenoxy) is 1. The highest BCUT2D eigenvalue weighted by molar-refractivity contribution is 7.89. The molecule has 0 saturated heterocycles. The standard InChI is InChI=1S/C23H25FN2O5S/c1-14(17-7-9-20(24)21(12-17)31-13-16-4-5-16)26-32(29,30)10-2-3-15-6-8-18-19(11-15)23(28)25-22(18)27/h6-9,11-12,14,16,26H,2-5,10,13H2,1H3,(H,25,27,28)/t14-/m1/s1. The molecule has 1 atom stereocenters. The van der Waals surface area contributed by atoms with E-state index in [0.29, 0.717) is 42.1 Å². The second kappa shape index (κ2) is 8.99. The number of halogens is 1. The summed E-state index contributed by atoms with van der Waals surface area (Å²) in [7, 11) is -3.59. The number of rotatable bonds is 10. The van der Waals surface area contributed by atoms with E-state index in [4.69, 9.17) is 4.74 Å². The van der Waals surface area contributed by atoms with Crippen molar-refractivity contribution in [1.82, 2.24) is 10.0 Å². The zero-order valence-corrected chi connectivity index (χ0v) is 18.5. The van der Waals surface area contributed by atoms with Crippen molar-refractivity contribution in [2.24, 2.45) is 5.92 Å². The predicted molar refractivity (Wildman–Crippen MR) is 117 cm³/mol. The molecule has 7 nitrogen and oxygen atoms in total. The van der Waals surface area contributed by atoms with Gasteiger partial charge < -0.3 is 4.74 Å². The smallest absolute Gasteiger partial charge is 0.258 e.